The zero-order valence-corrected chi connectivity index (χ0v) is 10.6. The van der Waals surface area contributed by atoms with Crippen molar-refractivity contribution in [3.05, 3.63) is 42.1 Å². The fourth-order valence-electron chi connectivity index (χ4n) is 2.74. The first-order valence-electron chi connectivity index (χ1n) is 6.58. The van der Waals surface area contributed by atoms with Crippen molar-refractivity contribution in [2.75, 3.05) is 13.1 Å². The van der Waals surface area contributed by atoms with Gasteiger partial charge in [0.05, 0.1) is 12.1 Å². The quantitative estimate of drug-likeness (QED) is 0.900. The molecule has 1 aliphatic rings. The molecular formula is C15H16F2N2. The van der Waals surface area contributed by atoms with Crippen LogP contribution in [0, 0.1) is 5.92 Å². The highest BCUT2D eigenvalue weighted by Crippen LogP contribution is 2.33. The Kier molecular flexibility index (Phi) is 3.19. The number of aromatic nitrogens is 1. The molecule has 1 saturated heterocycles. The molecule has 19 heavy (non-hydrogen) atoms. The third kappa shape index (κ3) is 2.45. The number of nitrogens with zero attached hydrogens (tertiary/aromatic N) is 1. The van der Waals surface area contributed by atoms with Crippen LogP contribution in [0.25, 0.3) is 10.9 Å². The van der Waals surface area contributed by atoms with Gasteiger partial charge in [0.1, 0.15) is 0 Å². The highest BCUT2D eigenvalue weighted by atomic mass is 19.3. The minimum Gasteiger partial charge on any atom is -0.311 e. The number of fused-ring (bicyclic) bond motifs is 1. The molecule has 4 heteroatoms. The van der Waals surface area contributed by atoms with Gasteiger partial charge in [-0.1, -0.05) is 24.3 Å². The van der Waals surface area contributed by atoms with Gasteiger partial charge in [0.15, 0.2) is 0 Å². The van der Waals surface area contributed by atoms with Gasteiger partial charge in [-0.2, -0.15) is 0 Å². The number of halogens is 2. The van der Waals surface area contributed by atoms with Gasteiger partial charge in [0, 0.05) is 17.5 Å². The monoisotopic (exact) mass is 262 g/mol. The molecule has 0 saturated carbocycles. The molecule has 2 nitrogen and oxygen atoms in total. The lowest BCUT2D eigenvalue weighted by molar-refractivity contribution is -0.0726. The highest BCUT2D eigenvalue weighted by molar-refractivity contribution is 5.81. The van der Waals surface area contributed by atoms with Crippen molar-refractivity contribution in [3.8, 4) is 0 Å². The van der Waals surface area contributed by atoms with Crippen LogP contribution in [0.3, 0.4) is 0 Å². The molecule has 1 aliphatic heterocycles. The lowest BCUT2D eigenvalue weighted by Crippen LogP contribution is -2.46. The molecule has 1 N–H and O–H groups in total. The van der Waals surface area contributed by atoms with Crippen molar-refractivity contribution in [3.63, 3.8) is 0 Å². The molecule has 0 bridgehead atoms. The maximum Gasteiger partial charge on any atom is 0.263 e. The van der Waals surface area contributed by atoms with Gasteiger partial charge in [0.25, 0.3) is 5.92 Å². The Morgan fingerprint density at radius 2 is 2.11 bits per heavy atom. The Bertz CT molecular complexity index is 578. The molecule has 2 heterocycles. The number of alkyl halides is 2. The number of hydrogen-bond donors (Lipinski definition) is 1. The van der Waals surface area contributed by atoms with E-state index in [9.17, 15) is 8.78 Å². The summed E-state index contributed by atoms with van der Waals surface area (Å²) in [6, 6.07) is 9.62. The van der Waals surface area contributed by atoms with Gasteiger partial charge in [-0.25, -0.2) is 8.78 Å². The van der Waals surface area contributed by atoms with E-state index in [1.54, 1.807) is 6.20 Å². The Hall–Kier alpha value is -1.55. The number of benzene rings is 1. The number of hydrogen-bond acceptors (Lipinski definition) is 2. The van der Waals surface area contributed by atoms with Crippen LogP contribution in [0.4, 0.5) is 8.78 Å². The molecule has 0 aliphatic carbocycles. The SMILES string of the molecule is FC1(F)CNCCC1Cc1cccc2cccnc12. The molecule has 1 aromatic carbocycles. The molecule has 100 valence electrons. The van der Waals surface area contributed by atoms with Crippen molar-refractivity contribution in [1.82, 2.24) is 10.3 Å². The van der Waals surface area contributed by atoms with E-state index in [1.165, 1.54) is 0 Å². The highest BCUT2D eigenvalue weighted by Gasteiger charge is 2.41. The van der Waals surface area contributed by atoms with Gasteiger partial charge in [-0.15, -0.1) is 0 Å². The van der Waals surface area contributed by atoms with Crippen LogP contribution in [-0.4, -0.2) is 24.0 Å². The molecule has 1 atom stereocenters. The predicted molar refractivity (Wildman–Crippen MR) is 71.4 cm³/mol. The van der Waals surface area contributed by atoms with E-state index in [-0.39, 0.29) is 6.54 Å². The van der Waals surface area contributed by atoms with E-state index in [0.717, 1.165) is 16.5 Å². The Balaban J connectivity index is 1.93. The van der Waals surface area contributed by atoms with Crippen molar-refractivity contribution >= 4 is 10.9 Å². The largest absolute Gasteiger partial charge is 0.311 e. The summed E-state index contributed by atoms with van der Waals surface area (Å²) >= 11 is 0. The van der Waals surface area contributed by atoms with E-state index in [0.29, 0.717) is 19.4 Å². The summed E-state index contributed by atoms with van der Waals surface area (Å²) in [5, 5.41) is 3.77. The van der Waals surface area contributed by atoms with E-state index in [2.05, 4.69) is 10.3 Å². The molecule has 0 radical (unpaired) electrons. The number of rotatable bonds is 2. The average molecular weight is 262 g/mol. The van der Waals surface area contributed by atoms with Crippen LogP contribution in [-0.2, 0) is 6.42 Å². The maximum atomic E-state index is 13.9. The number of piperidine rings is 1. The molecule has 0 amide bonds. The van der Waals surface area contributed by atoms with Crippen LogP contribution >= 0.6 is 0 Å². The Morgan fingerprint density at radius 3 is 2.95 bits per heavy atom. The minimum absolute atomic E-state index is 0.212. The van der Waals surface area contributed by atoms with Gasteiger partial charge in [-0.3, -0.25) is 4.98 Å². The topological polar surface area (TPSA) is 24.9 Å². The van der Waals surface area contributed by atoms with Crippen LogP contribution < -0.4 is 5.32 Å². The number of nitrogens with one attached hydrogen (secondary N) is 1. The van der Waals surface area contributed by atoms with E-state index >= 15 is 0 Å². The Labute approximate surface area is 110 Å². The molecule has 1 unspecified atom stereocenters. The van der Waals surface area contributed by atoms with Gasteiger partial charge < -0.3 is 5.32 Å². The van der Waals surface area contributed by atoms with Crippen LogP contribution in [0.5, 0.6) is 0 Å². The summed E-state index contributed by atoms with van der Waals surface area (Å²) in [5.41, 5.74) is 1.77. The normalized spacial score (nSPS) is 22.5. The standard InChI is InChI=1S/C15H16F2N2/c16-15(17)10-18-8-6-13(15)9-12-4-1-3-11-5-2-7-19-14(11)12/h1-5,7,13,18H,6,8-10H2. The van der Waals surface area contributed by atoms with E-state index in [4.69, 9.17) is 0 Å². The second kappa shape index (κ2) is 4.85. The molecule has 2 aromatic rings. The molecule has 3 rings (SSSR count). The summed E-state index contributed by atoms with van der Waals surface area (Å²) in [6.45, 7) is 0.453. The lowest BCUT2D eigenvalue weighted by atomic mass is 9.87. The van der Waals surface area contributed by atoms with Crippen molar-refractivity contribution in [2.45, 2.75) is 18.8 Å². The first-order chi connectivity index (χ1) is 9.17. The second-order valence-corrected chi connectivity index (χ2v) is 5.12. The van der Waals surface area contributed by atoms with Crippen LogP contribution in [0.15, 0.2) is 36.5 Å². The first-order valence-corrected chi connectivity index (χ1v) is 6.58. The molecule has 1 aromatic heterocycles. The average Bonchev–Trinajstić information content (AvgIpc) is 2.41. The zero-order valence-electron chi connectivity index (χ0n) is 10.6. The summed E-state index contributed by atoms with van der Waals surface area (Å²) < 4.78 is 27.7. The summed E-state index contributed by atoms with van der Waals surface area (Å²) in [4.78, 5) is 4.33. The Morgan fingerprint density at radius 1 is 1.26 bits per heavy atom. The molecular weight excluding hydrogens is 246 g/mol. The van der Waals surface area contributed by atoms with E-state index < -0.39 is 11.8 Å². The third-order valence-corrected chi connectivity index (χ3v) is 3.81. The summed E-state index contributed by atoms with van der Waals surface area (Å²) in [5.74, 6) is -3.23. The van der Waals surface area contributed by atoms with Gasteiger partial charge in [0.2, 0.25) is 0 Å². The predicted octanol–water partition coefficient (Wildman–Crippen LogP) is 3.02. The number of pyridine rings is 1. The number of para-hydroxylation sites is 1. The molecule has 0 spiro atoms. The van der Waals surface area contributed by atoms with E-state index in [1.807, 2.05) is 30.3 Å². The van der Waals surface area contributed by atoms with Crippen molar-refractivity contribution < 1.29 is 8.78 Å². The second-order valence-electron chi connectivity index (χ2n) is 5.12. The minimum atomic E-state index is -2.63. The van der Waals surface area contributed by atoms with Crippen molar-refractivity contribution in [1.29, 1.82) is 0 Å². The van der Waals surface area contributed by atoms with Crippen LogP contribution in [0.2, 0.25) is 0 Å². The van der Waals surface area contributed by atoms with Gasteiger partial charge in [-0.05, 0) is 31.0 Å². The fourth-order valence-corrected chi connectivity index (χ4v) is 2.74. The smallest absolute Gasteiger partial charge is 0.263 e. The first kappa shape index (κ1) is 12.5. The summed E-state index contributed by atoms with van der Waals surface area (Å²) in [6.07, 6.45) is 2.62. The van der Waals surface area contributed by atoms with Crippen LogP contribution in [0.1, 0.15) is 12.0 Å². The summed E-state index contributed by atoms with van der Waals surface area (Å²) in [7, 11) is 0. The van der Waals surface area contributed by atoms with Gasteiger partial charge >= 0.3 is 0 Å². The maximum absolute atomic E-state index is 13.9. The zero-order chi connectivity index (χ0) is 13.3. The molecule has 1 fully saturated rings. The van der Waals surface area contributed by atoms with Crippen molar-refractivity contribution in [2.24, 2.45) is 5.92 Å². The third-order valence-electron chi connectivity index (χ3n) is 3.81. The fraction of sp³-hybridized carbons (Fsp3) is 0.400. The lowest BCUT2D eigenvalue weighted by Gasteiger charge is -2.32.